The number of carbonyl (C=O) groups excluding carboxylic acids is 1. The van der Waals surface area contributed by atoms with E-state index in [9.17, 15) is 4.79 Å². The Bertz CT molecular complexity index is 473. The first-order chi connectivity index (χ1) is 8.95. The summed E-state index contributed by atoms with van der Waals surface area (Å²) in [5.74, 6) is -0.370. The predicted molar refractivity (Wildman–Crippen MR) is 86.3 cm³/mol. The van der Waals surface area contributed by atoms with Gasteiger partial charge in [0.15, 0.2) is 0 Å². The van der Waals surface area contributed by atoms with E-state index in [0.717, 1.165) is 5.56 Å². The zero-order valence-corrected chi connectivity index (χ0v) is 13.5. The Morgan fingerprint density at radius 1 is 1.32 bits per heavy atom. The lowest BCUT2D eigenvalue weighted by Crippen LogP contribution is -2.30. The third-order valence-corrected chi connectivity index (χ3v) is 2.70. The van der Waals surface area contributed by atoms with Crippen LogP contribution in [0.15, 0.2) is 45.6 Å². The van der Waals surface area contributed by atoms with Crippen molar-refractivity contribution in [1.29, 1.82) is 0 Å². The first-order valence-corrected chi connectivity index (χ1v) is 7.24. The summed E-state index contributed by atoms with van der Waals surface area (Å²) in [5, 5.41) is 0. The van der Waals surface area contributed by atoms with E-state index < -0.39 is 0 Å². The van der Waals surface area contributed by atoms with Gasteiger partial charge in [-0.1, -0.05) is 73.7 Å². The molecule has 0 bridgehead atoms. The van der Waals surface area contributed by atoms with Gasteiger partial charge in [-0.2, -0.15) is 0 Å². The molecule has 3 nitrogen and oxygen atoms in total. The maximum Gasteiger partial charge on any atom is 0.353 e. The first kappa shape index (κ1) is 15.9. The van der Waals surface area contributed by atoms with E-state index in [2.05, 4.69) is 27.6 Å². The lowest BCUT2D eigenvalue weighted by Gasteiger charge is -2.19. The summed E-state index contributed by atoms with van der Waals surface area (Å²) in [4.78, 5) is 16.3. The second-order valence-corrected chi connectivity index (χ2v) is 5.78. The van der Waals surface area contributed by atoms with Crippen LogP contribution in [-0.4, -0.2) is 11.7 Å². The highest BCUT2D eigenvalue weighted by Gasteiger charge is 2.26. The summed E-state index contributed by atoms with van der Waals surface area (Å²) in [5.41, 5.74) is 1.05. The van der Waals surface area contributed by atoms with E-state index in [1.807, 2.05) is 51.1 Å². The Morgan fingerprint density at radius 2 is 1.95 bits per heavy atom. The molecule has 0 fully saturated rings. The second kappa shape index (κ2) is 7.43. The number of benzene rings is 1. The number of aliphatic imine (C=N–C) groups is 1. The van der Waals surface area contributed by atoms with Gasteiger partial charge in [0, 0.05) is 11.6 Å². The minimum atomic E-state index is -0.370. The molecule has 19 heavy (non-hydrogen) atoms. The monoisotopic (exact) mass is 371 g/mol. The van der Waals surface area contributed by atoms with Crippen molar-refractivity contribution in [2.45, 2.75) is 27.4 Å². The summed E-state index contributed by atoms with van der Waals surface area (Å²) in [6, 6.07) is 9.61. The van der Waals surface area contributed by atoms with Gasteiger partial charge in [-0.3, -0.25) is 4.99 Å². The molecule has 1 aromatic carbocycles. The number of esters is 1. The van der Waals surface area contributed by atoms with Crippen LogP contribution >= 0.6 is 22.6 Å². The molecular weight excluding hydrogens is 353 g/mol. The molecule has 0 aliphatic rings. The lowest BCUT2D eigenvalue weighted by molar-refractivity contribution is -0.137. The van der Waals surface area contributed by atoms with Crippen molar-refractivity contribution in [3.63, 3.8) is 0 Å². The summed E-state index contributed by atoms with van der Waals surface area (Å²) in [7, 11) is 0. The molecule has 0 radical (unpaired) electrons. The van der Waals surface area contributed by atoms with Crippen molar-refractivity contribution in [2.75, 3.05) is 0 Å². The molecule has 0 saturated carbocycles. The number of carbonyl (C=O) groups is 1. The fourth-order valence-electron chi connectivity index (χ4n) is 1.45. The van der Waals surface area contributed by atoms with Gasteiger partial charge in [0.2, 0.25) is 0 Å². The molecule has 0 aromatic heterocycles. The largest absolute Gasteiger partial charge is 0.456 e. The number of hydrogen-bond donors (Lipinski definition) is 0. The van der Waals surface area contributed by atoms with Gasteiger partial charge < -0.3 is 4.74 Å². The van der Waals surface area contributed by atoms with Crippen LogP contribution in [0.1, 0.15) is 26.3 Å². The average molecular weight is 371 g/mol. The van der Waals surface area contributed by atoms with E-state index >= 15 is 0 Å². The van der Waals surface area contributed by atoms with Gasteiger partial charge in [0.05, 0.1) is 0 Å². The minimum absolute atomic E-state index is 0.267. The van der Waals surface area contributed by atoms with Crippen molar-refractivity contribution in [1.82, 2.24) is 0 Å². The Kier molecular flexibility index (Phi) is 6.21. The summed E-state index contributed by atoms with van der Waals surface area (Å²) >= 11 is 2.06. The topological polar surface area (TPSA) is 38.7 Å². The van der Waals surface area contributed by atoms with Crippen molar-refractivity contribution in [3.8, 4) is 0 Å². The average Bonchev–Trinajstić information content (AvgIpc) is 2.36. The third-order valence-electron chi connectivity index (χ3n) is 2.38. The lowest BCUT2D eigenvalue weighted by atomic mass is 9.90. The first-order valence-electron chi connectivity index (χ1n) is 5.99. The number of hydrogen-bond acceptors (Lipinski definition) is 3. The van der Waals surface area contributed by atoms with Crippen molar-refractivity contribution in [2.24, 2.45) is 10.4 Å². The zero-order valence-electron chi connectivity index (χ0n) is 11.4. The molecule has 0 heterocycles. The van der Waals surface area contributed by atoms with Crippen molar-refractivity contribution >= 4 is 34.3 Å². The molecule has 4 heteroatoms. The molecule has 1 rings (SSSR count). The van der Waals surface area contributed by atoms with E-state index in [0.29, 0.717) is 5.71 Å². The molecule has 1 aromatic rings. The maximum atomic E-state index is 12.1. The quantitative estimate of drug-likeness (QED) is 0.454. The number of nitrogens with zero attached hydrogens (tertiary/aromatic N) is 1. The highest BCUT2D eigenvalue weighted by Crippen LogP contribution is 2.18. The molecule has 0 unspecified atom stereocenters. The second-order valence-electron chi connectivity index (χ2n) is 5.06. The highest BCUT2D eigenvalue weighted by molar-refractivity contribution is 14.1. The summed E-state index contributed by atoms with van der Waals surface area (Å²) < 4.78 is 7.07. The van der Waals surface area contributed by atoms with E-state index in [-0.39, 0.29) is 18.0 Å². The maximum absolute atomic E-state index is 12.1. The van der Waals surface area contributed by atoms with Crippen LogP contribution in [0.5, 0.6) is 0 Å². The van der Waals surface area contributed by atoms with Gasteiger partial charge >= 0.3 is 5.97 Å². The Balaban J connectivity index is 2.74. The molecule has 102 valence electrons. The Hall–Kier alpha value is -1.17. The highest BCUT2D eigenvalue weighted by atomic mass is 127. The summed E-state index contributed by atoms with van der Waals surface area (Å²) in [6.07, 6.45) is 1.60. The van der Waals surface area contributed by atoms with E-state index in [1.165, 1.54) is 0 Å². The minimum Gasteiger partial charge on any atom is -0.456 e. The molecular formula is C15H18INO2. The molecule has 0 N–H and O–H groups in total. The van der Waals surface area contributed by atoms with Crippen molar-refractivity contribution in [3.05, 3.63) is 46.2 Å². The van der Waals surface area contributed by atoms with Gasteiger partial charge in [-0.25, -0.2) is 4.79 Å². The molecule has 0 spiro atoms. The Labute approximate surface area is 127 Å². The fraction of sp³-hybridized carbons (Fsp3) is 0.333. The van der Waals surface area contributed by atoms with Crippen LogP contribution in [0.25, 0.3) is 0 Å². The van der Waals surface area contributed by atoms with Gasteiger partial charge in [0.25, 0.3) is 0 Å². The number of ether oxygens (including phenoxy) is 1. The van der Waals surface area contributed by atoms with Crippen LogP contribution in [0.4, 0.5) is 0 Å². The SMILES string of the molecule is CC(C)(C)C(=N/C=C\I)C(=O)OCc1ccccc1. The molecule has 0 saturated heterocycles. The summed E-state index contributed by atoms with van der Waals surface area (Å²) in [6.45, 7) is 6.09. The number of rotatable bonds is 4. The van der Waals surface area contributed by atoms with E-state index in [1.54, 1.807) is 10.3 Å². The van der Waals surface area contributed by atoms with Crippen LogP contribution in [-0.2, 0) is 16.1 Å². The smallest absolute Gasteiger partial charge is 0.353 e. The van der Waals surface area contributed by atoms with E-state index in [4.69, 9.17) is 4.74 Å². The van der Waals surface area contributed by atoms with Crippen LogP contribution in [0.2, 0.25) is 0 Å². The van der Waals surface area contributed by atoms with Gasteiger partial charge in [0.1, 0.15) is 12.3 Å². The number of halogens is 1. The van der Waals surface area contributed by atoms with Gasteiger partial charge in [-0.15, -0.1) is 0 Å². The van der Waals surface area contributed by atoms with Crippen LogP contribution in [0, 0.1) is 5.41 Å². The Morgan fingerprint density at radius 3 is 2.47 bits per heavy atom. The molecule has 0 aliphatic heterocycles. The van der Waals surface area contributed by atoms with Crippen LogP contribution in [0.3, 0.4) is 0 Å². The molecule has 0 aliphatic carbocycles. The molecule has 0 atom stereocenters. The standard InChI is InChI=1S/C15H18INO2/c1-15(2,3)13(17-10-9-16)14(18)19-11-12-7-5-4-6-8-12/h4-10H,11H2,1-3H3/b10-9-,17-13?. The predicted octanol–water partition coefficient (Wildman–Crippen LogP) is 4.12. The zero-order chi connectivity index (χ0) is 14.3. The third kappa shape index (κ3) is 5.55. The normalized spacial score (nSPS) is 12.7. The fourth-order valence-corrected chi connectivity index (χ4v) is 1.61. The van der Waals surface area contributed by atoms with Crippen molar-refractivity contribution < 1.29 is 9.53 Å². The van der Waals surface area contributed by atoms with Gasteiger partial charge in [-0.05, 0) is 9.65 Å². The van der Waals surface area contributed by atoms with Crippen LogP contribution < -0.4 is 0 Å². The molecule has 0 amide bonds.